The molecule has 1 aliphatic rings. The van der Waals surface area contributed by atoms with Gasteiger partial charge in [0.1, 0.15) is 0 Å². The fourth-order valence-electron chi connectivity index (χ4n) is 1.98. The van der Waals surface area contributed by atoms with Crippen LogP contribution >= 0.6 is 0 Å². The molecule has 2 N–H and O–H groups in total. The highest BCUT2D eigenvalue weighted by molar-refractivity contribution is 5.07. The number of rotatable bonds is 3. The summed E-state index contributed by atoms with van der Waals surface area (Å²) >= 11 is 0. The molecular formula is C11H18N4O. The Kier molecular flexibility index (Phi) is 3.69. The highest BCUT2D eigenvalue weighted by atomic mass is 16.5. The van der Waals surface area contributed by atoms with Gasteiger partial charge in [-0.05, 0) is 25.8 Å². The molecule has 0 saturated carbocycles. The number of hydrogen-bond donors (Lipinski definition) is 1. The summed E-state index contributed by atoms with van der Waals surface area (Å²) in [7, 11) is 1.57. The first-order valence-electron chi connectivity index (χ1n) is 5.64. The average Bonchev–Trinajstić information content (AvgIpc) is 2.33. The van der Waals surface area contributed by atoms with Gasteiger partial charge in [0.05, 0.1) is 13.3 Å². The van der Waals surface area contributed by atoms with E-state index >= 15 is 0 Å². The molecule has 1 fully saturated rings. The van der Waals surface area contributed by atoms with Crippen LogP contribution in [0.5, 0.6) is 6.01 Å². The average molecular weight is 222 g/mol. The molecule has 5 heteroatoms. The van der Waals surface area contributed by atoms with Crippen molar-refractivity contribution in [2.45, 2.75) is 32.0 Å². The molecule has 1 atom stereocenters. The van der Waals surface area contributed by atoms with Crippen LogP contribution < -0.4 is 10.5 Å². The minimum absolute atomic E-state index is 0.177. The van der Waals surface area contributed by atoms with E-state index in [1.807, 2.05) is 0 Å². The third-order valence-electron chi connectivity index (χ3n) is 2.91. The van der Waals surface area contributed by atoms with E-state index in [4.69, 9.17) is 10.5 Å². The fraction of sp³-hybridized carbons (Fsp3) is 0.636. The predicted molar refractivity (Wildman–Crippen MR) is 60.8 cm³/mol. The molecule has 0 bridgehead atoms. The maximum absolute atomic E-state index is 6.04. The van der Waals surface area contributed by atoms with Gasteiger partial charge in [-0.3, -0.25) is 4.90 Å². The molecule has 2 heterocycles. The number of aromatic nitrogens is 2. The topological polar surface area (TPSA) is 64.3 Å². The molecule has 0 radical (unpaired) electrons. The summed E-state index contributed by atoms with van der Waals surface area (Å²) in [6, 6.07) is 0.409. The van der Waals surface area contributed by atoms with Crippen molar-refractivity contribution in [1.82, 2.24) is 14.9 Å². The number of nitrogens with two attached hydrogens (primary N) is 1. The second kappa shape index (κ2) is 5.23. The van der Waals surface area contributed by atoms with Crippen molar-refractivity contribution in [3.8, 4) is 6.01 Å². The molecule has 0 aromatic carbocycles. The number of piperidine rings is 1. The quantitative estimate of drug-likeness (QED) is 0.817. The van der Waals surface area contributed by atoms with Gasteiger partial charge in [0.15, 0.2) is 0 Å². The van der Waals surface area contributed by atoms with Gasteiger partial charge in [0.2, 0.25) is 0 Å². The number of hydrogen-bond acceptors (Lipinski definition) is 5. The minimum atomic E-state index is 0.177. The Morgan fingerprint density at radius 1 is 1.44 bits per heavy atom. The number of ether oxygens (including phenoxy) is 1. The van der Waals surface area contributed by atoms with Gasteiger partial charge in [0.25, 0.3) is 0 Å². The molecule has 1 saturated heterocycles. The highest BCUT2D eigenvalue weighted by Crippen LogP contribution is 2.16. The van der Waals surface area contributed by atoms with E-state index < -0.39 is 0 Å². The van der Waals surface area contributed by atoms with E-state index in [1.165, 1.54) is 12.8 Å². The zero-order chi connectivity index (χ0) is 11.4. The first kappa shape index (κ1) is 11.3. The van der Waals surface area contributed by atoms with Crippen LogP contribution in [-0.4, -0.2) is 34.7 Å². The van der Waals surface area contributed by atoms with Crippen LogP contribution in [0.3, 0.4) is 0 Å². The molecule has 2 rings (SSSR count). The molecule has 5 nitrogen and oxygen atoms in total. The number of likely N-dealkylation sites (tertiary alicyclic amines) is 1. The van der Waals surface area contributed by atoms with Gasteiger partial charge in [-0.25, -0.2) is 9.97 Å². The summed E-state index contributed by atoms with van der Waals surface area (Å²) in [4.78, 5) is 10.4. The molecule has 16 heavy (non-hydrogen) atoms. The first-order valence-corrected chi connectivity index (χ1v) is 5.64. The normalized spacial score (nSPS) is 22.0. The molecule has 0 amide bonds. The maximum atomic E-state index is 6.04. The van der Waals surface area contributed by atoms with Crippen molar-refractivity contribution in [2.24, 2.45) is 5.73 Å². The van der Waals surface area contributed by atoms with Crippen molar-refractivity contribution in [3.63, 3.8) is 0 Å². The van der Waals surface area contributed by atoms with E-state index in [0.29, 0.717) is 6.01 Å². The maximum Gasteiger partial charge on any atom is 0.316 e. The summed E-state index contributed by atoms with van der Waals surface area (Å²) in [5, 5.41) is 0. The van der Waals surface area contributed by atoms with Crippen molar-refractivity contribution >= 4 is 0 Å². The summed E-state index contributed by atoms with van der Waals surface area (Å²) in [5.74, 6) is 0. The van der Waals surface area contributed by atoms with E-state index in [9.17, 15) is 0 Å². The second-order valence-corrected chi connectivity index (χ2v) is 4.11. The molecule has 0 aliphatic carbocycles. The Labute approximate surface area is 95.6 Å². The fourth-order valence-corrected chi connectivity index (χ4v) is 1.98. The van der Waals surface area contributed by atoms with Crippen LogP contribution in [0, 0.1) is 0 Å². The van der Waals surface area contributed by atoms with E-state index in [2.05, 4.69) is 14.9 Å². The Balaban J connectivity index is 1.96. The van der Waals surface area contributed by atoms with Crippen LogP contribution in [0.25, 0.3) is 0 Å². The minimum Gasteiger partial charge on any atom is -0.467 e. The lowest BCUT2D eigenvalue weighted by Crippen LogP contribution is -2.44. The van der Waals surface area contributed by atoms with Gasteiger partial charge in [-0.1, -0.05) is 0 Å². The van der Waals surface area contributed by atoms with Crippen LogP contribution in [0.4, 0.5) is 0 Å². The first-order chi connectivity index (χ1) is 7.79. The summed E-state index contributed by atoms with van der Waals surface area (Å²) < 4.78 is 4.92. The van der Waals surface area contributed by atoms with Crippen LogP contribution in [0.15, 0.2) is 12.4 Å². The Morgan fingerprint density at radius 2 is 2.19 bits per heavy atom. The lowest BCUT2D eigenvalue weighted by molar-refractivity contribution is 0.143. The van der Waals surface area contributed by atoms with Crippen molar-refractivity contribution in [1.29, 1.82) is 0 Å². The van der Waals surface area contributed by atoms with Gasteiger partial charge in [-0.2, -0.15) is 0 Å². The highest BCUT2D eigenvalue weighted by Gasteiger charge is 2.18. The molecule has 1 aromatic heterocycles. The number of methoxy groups -OCH3 is 1. The Morgan fingerprint density at radius 3 is 2.81 bits per heavy atom. The van der Waals surface area contributed by atoms with Crippen molar-refractivity contribution < 1.29 is 4.74 Å². The van der Waals surface area contributed by atoms with E-state index in [-0.39, 0.29) is 6.17 Å². The number of nitrogens with zero attached hydrogens (tertiary/aromatic N) is 3. The third kappa shape index (κ3) is 2.68. The molecule has 0 spiro atoms. The SMILES string of the molecule is COc1ncc(CN2CCCCC2N)cn1. The second-order valence-electron chi connectivity index (χ2n) is 4.11. The molecule has 1 aromatic rings. The zero-order valence-corrected chi connectivity index (χ0v) is 9.59. The Bertz CT molecular complexity index is 327. The lowest BCUT2D eigenvalue weighted by atomic mass is 10.1. The van der Waals surface area contributed by atoms with E-state index in [1.54, 1.807) is 19.5 Å². The van der Waals surface area contributed by atoms with Crippen LogP contribution in [-0.2, 0) is 6.54 Å². The van der Waals surface area contributed by atoms with Gasteiger partial charge in [0, 0.05) is 24.5 Å². The van der Waals surface area contributed by atoms with Crippen molar-refractivity contribution in [2.75, 3.05) is 13.7 Å². The van der Waals surface area contributed by atoms with Crippen molar-refractivity contribution in [3.05, 3.63) is 18.0 Å². The predicted octanol–water partition coefficient (Wildman–Crippen LogP) is 0.756. The molecule has 88 valence electrons. The van der Waals surface area contributed by atoms with Gasteiger partial charge < -0.3 is 10.5 Å². The van der Waals surface area contributed by atoms with Gasteiger partial charge in [-0.15, -0.1) is 0 Å². The molecule has 1 unspecified atom stereocenters. The van der Waals surface area contributed by atoms with Crippen LogP contribution in [0.2, 0.25) is 0 Å². The lowest BCUT2D eigenvalue weighted by Gasteiger charge is -2.32. The van der Waals surface area contributed by atoms with Crippen LogP contribution in [0.1, 0.15) is 24.8 Å². The summed E-state index contributed by atoms with van der Waals surface area (Å²) in [6.07, 6.45) is 7.31. The largest absolute Gasteiger partial charge is 0.467 e. The summed E-state index contributed by atoms with van der Waals surface area (Å²) in [6.45, 7) is 1.89. The molecule has 1 aliphatic heterocycles. The third-order valence-corrected chi connectivity index (χ3v) is 2.91. The van der Waals surface area contributed by atoms with E-state index in [0.717, 1.165) is 25.1 Å². The zero-order valence-electron chi connectivity index (χ0n) is 9.59. The smallest absolute Gasteiger partial charge is 0.316 e. The van der Waals surface area contributed by atoms with Gasteiger partial charge >= 0.3 is 6.01 Å². The monoisotopic (exact) mass is 222 g/mol. The summed E-state index contributed by atoms with van der Waals surface area (Å²) in [5.41, 5.74) is 7.12. The molecular weight excluding hydrogens is 204 g/mol. The standard InChI is InChI=1S/C11H18N4O/c1-16-11-13-6-9(7-14-11)8-15-5-3-2-4-10(15)12/h6-7,10H,2-5,8,12H2,1H3. The Hall–Kier alpha value is -1.20.